The van der Waals surface area contributed by atoms with E-state index >= 15 is 0 Å². The maximum absolute atomic E-state index is 12.6. The van der Waals surface area contributed by atoms with E-state index in [2.05, 4.69) is 4.90 Å². The first-order valence-electron chi connectivity index (χ1n) is 5.72. The van der Waals surface area contributed by atoms with E-state index in [9.17, 15) is 4.39 Å². The summed E-state index contributed by atoms with van der Waals surface area (Å²) >= 11 is 0. The van der Waals surface area contributed by atoms with Gasteiger partial charge < -0.3 is 9.15 Å². The van der Waals surface area contributed by atoms with Crippen LogP contribution in [0.3, 0.4) is 0 Å². The van der Waals surface area contributed by atoms with Gasteiger partial charge in [0.1, 0.15) is 12.4 Å². The highest BCUT2D eigenvalue weighted by atomic mass is 19.1. The highest BCUT2D eigenvalue weighted by Crippen LogP contribution is 2.14. The lowest BCUT2D eigenvalue weighted by Gasteiger charge is -2.21. The van der Waals surface area contributed by atoms with Crippen molar-refractivity contribution in [2.24, 2.45) is 0 Å². The average Bonchev–Trinajstić information content (AvgIpc) is 2.55. The Bertz CT molecular complexity index is 327. The highest BCUT2D eigenvalue weighted by Gasteiger charge is 2.19. The molecule has 0 saturated carbocycles. The molecule has 1 fully saturated rings. The zero-order chi connectivity index (χ0) is 11.4. The lowest BCUT2D eigenvalue weighted by atomic mass is 10.2. The maximum Gasteiger partial charge on any atom is 0.120 e. The van der Waals surface area contributed by atoms with Crippen LogP contribution in [0, 0.1) is 6.92 Å². The summed E-state index contributed by atoms with van der Waals surface area (Å²) in [5.74, 6) is 0.972. The number of nitrogens with zero attached hydrogens (tertiary/aromatic N) is 1. The first kappa shape index (κ1) is 11.6. The molecule has 4 heteroatoms. The predicted octanol–water partition coefficient (Wildman–Crippen LogP) is 2.15. The fourth-order valence-corrected chi connectivity index (χ4v) is 1.98. The molecule has 1 aliphatic rings. The van der Waals surface area contributed by atoms with Crippen molar-refractivity contribution in [2.75, 3.05) is 26.4 Å². The molecule has 90 valence electrons. The number of furan rings is 1. The summed E-state index contributed by atoms with van der Waals surface area (Å²) in [6, 6.07) is 1.95. The molecule has 0 aromatic carbocycles. The Labute approximate surface area is 95.2 Å². The molecule has 0 N–H and O–H groups in total. The van der Waals surface area contributed by atoms with Crippen molar-refractivity contribution in [3.63, 3.8) is 0 Å². The third kappa shape index (κ3) is 2.83. The molecule has 16 heavy (non-hydrogen) atoms. The molecule has 1 unspecified atom stereocenters. The third-order valence-corrected chi connectivity index (χ3v) is 2.94. The second kappa shape index (κ2) is 5.46. The molecule has 3 nitrogen and oxygen atoms in total. The quantitative estimate of drug-likeness (QED) is 0.791. The van der Waals surface area contributed by atoms with Gasteiger partial charge in [-0.1, -0.05) is 0 Å². The number of halogens is 1. The van der Waals surface area contributed by atoms with Gasteiger partial charge in [0.25, 0.3) is 0 Å². The summed E-state index contributed by atoms with van der Waals surface area (Å²) in [7, 11) is 0. The van der Waals surface area contributed by atoms with Crippen LogP contribution in [0.2, 0.25) is 0 Å². The summed E-state index contributed by atoms with van der Waals surface area (Å²) in [5, 5.41) is 0. The van der Waals surface area contributed by atoms with E-state index in [0.717, 1.165) is 30.8 Å². The first-order valence-corrected chi connectivity index (χ1v) is 5.72. The van der Waals surface area contributed by atoms with E-state index in [4.69, 9.17) is 9.15 Å². The molecule has 2 rings (SSSR count). The van der Waals surface area contributed by atoms with Gasteiger partial charge in [-0.05, 0) is 25.0 Å². The molecule has 0 spiro atoms. The lowest BCUT2D eigenvalue weighted by molar-refractivity contribution is 0.0352. The molecule has 0 aliphatic carbocycles. The lowest BCUT2D eigenvalue weighted by Crippen LogP contribution is -2.32. The Morgan fingerprint density at radius 1 is 1.56 bits per heavy atom. The van der Waals surface area contributed by atoms with Crippen LogP contribution in [0.5, 0.6) is 0 Å². The van der Waals surface area contributed by atoms with Crippen LogP contribution in [0.4, 0.5) is 4.39 Å². The zero-order valence-corrected chi connectivity index (χ0v) is 9.62. The smallest absolute Gasteiger partial charge is 0.120 e. The van der Waals surface area contributed by atoms with Crippen molar-refractivity contribution < 1.29 is 13.5 Å². The van der Waals surface area contributed by atoms with E-state index in [1.165, 1.54) is 0 Å². The number of hydrogen-bond donors (Lipinski definition) is 0. The standard InChI is InChI=1S/C12H18FNO2/c1-10-3-6-16-12(10)9-14-4-2-5-15-11(7-13)8-14/h3,6,11H,2,4-5,7-9H2,1H3. The first-order chi connectivity index (χ1) is 7.79. The molecule has 0 radical (unpaired) electrons. The van der Waals surface area contributed by atoms with Crippen LogP contribution in [-0.4, -0.2) is 37.4 Å². The molecular formula is C12H18FNO2. The largest absolute Gasteiger partial charge is 0.468 e. The number of ether oxygens (including phenoxy) is 1. The second-order valence-electron chi connectivity index (χ2n) is 4.26. The Morgan fingerprint density at radius 3 is 3.12 bits per heavy atom. The molecule has 0 amide bonds. The highest BCUT2D eigenvalue weighted by molar-refractivity contribution is 5.14. The topological polar surface area (TPSA) is 25.6 Å². The Morgan fingerprint density at radius 2 is 2.44 bits per heavy atom. The SMILES string of the molecule is Cc1ccoc1CN1CCCOC(CF)C1. The molecule has 2 heterocycles. The maximum atomic E-state index is 12.6. The predicted molar refractivity (Wildman–Crippen MR) is 59.1 cm³/mol. The Kier molecular flexibility index (Phi) is 3.96. The molecule has 1 saturated heterocycles. The van der Waals surface area contributed by atoms with Crippen LogP contribution >= 0.6 is 0 Å². The van der Waals surface area contributed by atoms with Crippen molar-refractivity contribution in [3.05, 3.63) is 23.7 Å². The number of hydrogen-bond acceptors (Lipinski definition) is 3. The van der Waals surface area contributed by atoms with Crippen molar-refractivity contribution in [1.82, 2.24) is 4.90 Å². The van der Waals surface area contributed by atoms with Gasteiger partial charge in [-0.2, -0.15) is 0 Å². The normalized spacial score (nSPS) is 23.2. The molecule has 0 bridgehead atoms. The van der Waals surface area contributed by atoms with Gasteiger partial charge in [-0.25, -0.2) is 4.39 Å². The molecule has 1 aliphatic heterocycles. The summed E-state index contributed by atoms with van der Waals surface area (Å²) in [5.41, 5.74) is 1.15. The van der Waals surface area contributed by atoms with Crippen LogP contribution in [0.25, 0.3) is 0 Å². The molecule has 1 aromatic heterocycles. The monoisotopic (exact) mass is 227 g/mol. The van der Waals surface area contributed by atoms with Gasteiger partial charge in [0.05, 0.1) is 18.9 Å². The van der Waals surface area contributed by atoms with Crippen LogP contribution < -0.4 is 0 Å². The summed E-state index contributed by atoms with van der Waals surface area (Å²) in [6.07, 6.45) is 2.37. The number of alkyl halides is 1. The van der Waals surface area contributed by atoms with Gasteiger partial charge >= 0.3 is 0 Å². The minimum atomic E-state index is -0.409. The van der Waals surface area contributed by atoms with Crippen molar-refractivity contribution >= 4 is 0 Å². The van der Waals surface area contributed by atoms with Gasteiger partial charge in [-0.15, -0.1) is 0 Å². The fraction of sp³-hybridized carbons (Fsp3) is 0.667. The molecule has 1 aromatic rings. The fourth-order valence-electron chi connectivity index (χ4n) is 1.98. The zero-order valence-electron chi connectivity index (χ0n) is 9.62. The van der Waals surface area contributed by atoms with Gasteiger partial charge in [0.2, 0.25) is 0 Å². The van der Waals surface area contributed by atoms with Crippen LogP contribution in [0.1, 0.15) is 17.7 Å². The summed E-state index contributed by atoms with van der Waals surface area (Å²) in [4.78, 5) is 2.20. The van der Waals surface area contributed by atoms with E-state index in [-0.39, 0.29) is 6.10 Å². The van der Waals surface area contributed by atoms with Crippen molar-refractivity contribution in [1.29, 1.82) is 0 Å². The second-order valence-corrected chi connectivity index (χ2v) is 4.26. The van der Waals surface area contributed by atoms with Crippen LogP contribution in [0.15, 0.2) is 16.7 Å². The van der Waals surface area contributed by atoms with Crippen LogP contribution in [-0.2, 0) is 11.3 Å². The van der Waals surface area contributed by atoms with E-state index in [1.807, 2.05) is 13.0 Å². The minimum Gasteiger partial charge on any atom is -0.468 e. The van der Waals surface area contributed by atoms with Crippen molar-refractivity contribution in [3.8, 4) is 0 Å². The Hall–Kier alpha value is -0.870. The average molecular weight is 227 g/mol. The summed E-state index contributed by atoms with van der Waals surface area (Å²) < 4.78 is 23.4. The molecule has 1 atom stereocenters. The van der Waals surface area contributed by atoms with Gasteiger partial charge in [0.15, 0.2) is 0 Å². The summed E-state index contributed by atoms with van der Waals surface area (Å²) in [6.45, 7) is 4.61. The number of aryl methyl sites for hydroxylation is 1. The van der Waals surface area contributed by atoms with Gasteiger partial charge in [-0.3, -0.25) is 4.90 Å². The van der Waals surface area contributed by atoms with E-state index in [0.29, 0.717) is 13.2 Å². The minimum absolute atomic E-state index is 0.280. The van der Waals surface area contributed by atoms with E-state index < -0.39 is 6.67 Å². The van der Waals surface area contributed by atoms with E-state index in [1.54, 1.807) is 6.26 Å². The van der Waals surface area contributed by atoms with Crippen molar-refractivity contribution in [2.45, 2.75) is 26.0 Å². The third-order valence-electron chi connectivity index (χ3n) is 2.94. The van der Waals surface area contributed by atoms with Gasteiger partial charge in [0, 0.05) is 19.7 Å². The molecular weight excluding hydrogens is 209 g/mol. The number of rotatable bonds is 3. The Balaban J connectivity index is 1.95.